The summed E-state index contributed by atoms with van der Waals surface area (Å²) in [6, 6.07) is 4.39. The molecule has 26 heavy (non-hydrogen) atoms. The molecule has 4 heteroatoms. The predicted molar refractivity (Wildman–Crippen MR) is 112 cm³/mol. The van der Waals surface area contributed by atoms with Gasteiger partial charge in [0.2, 0.25) is 0 Å². The fourth-order valence-corrected chi connectivity index (χ4v) is 2.65. The maximum Gasteiger partial charge on any atom is 0.123 e. The lowest BCUT2D eigenvalue weighted by atomic mass is 9.81. The van der Waals surface area contributed by atoms with Gasteiger partial charge in [0, 0.05) is 24.2 Å². The highest BCUT2D eigenvalue weighted by atomic mass is 16.5. The summed E-state index contributed by atoms with van der Waals surface area (Å²) in [5.74, 6) is 1.95. The first-order chi connectivity index (χ1) is 11.8. The molecule has 0 aliphatic rings. The van der Waals surface area contributed by atoms with E-state index in [4.69, 9.17) is 9.47 Å². The van der Waals surface area contributed by atoms with Crippen molar-refractivity contribution in [3.05, 3.63) is 23.3 Å². The van der Waals surface area contributed by atoms with E-state index in [1.165, 1.54) is 11.1 Å². The largest absolute Gasteiger partial charge is 0.492 e. The molecule has 0 aliphatic carbocycles. The highest BCUT2D eigenvalue weighted by Crippen LogP contribution is 2.41. The van der Waals surface area contributed by atoms with Gasteiger partial charge in [-0.15, -0.1) is 0 Å². The summed E-state index contributed by atoms with van der Waals surface area (Å²) in [5.41, 5.74) is 2.38. The highest BCUT2D eigenvalue weighted by Gasteiger charge is 2.26. The summed E-state index contributed by atoms with van der Waals surface area (Å²) in [6.07, 6.45) is 0. The number of ether oxygens (including phenoxy) is 2. The minimum atomic E-state index is -0.0104. The third-order valence-corrected chi connectivity index (χ3v) is 4.29. The standard InChI is InChI=1S/C22H40N2O2/c1-21(2,3)17-15-20(26-14-12-24(9)10)18(22(4,5)6)16-19(17)25-13-11-23(7)8/h15-16H,11-14H2,1-10H3. The van der Waals surface area contributed by atoms with Crippen molar-refractivity contribution in [2.75, 3.05) is 54.5 Å². The topological polar surface area (TPSA) is 24.9 Å². The van der Waals surface area contributed by atoms with Crippen molar-refractivity contribution in [3.8, 4) is 11.5 Å². The molecule has 0 N–H and O–H groups in total. The number of nitrogens with zero attached hydrogens (tertiary/aromatic N) is 2. The summed E-state index contributed by atoms with van der Waals surface area (Å²) < 4.78 is 12.4. The van der Waals surface area contributed by atoms with Crippen LogP contribution in [-0.4, -0.2) is 64.3 Å². The first-order valence-electron chi connectivity index (χ1n) is 9.56. The van der Waals surface area contributed by atoms with E-state index < -0.39 is 0 Å². The van der Waals surface area contributed by atoms with Gasteiger partial charge in [-0.25, -0.2) is 0 Å². The van der Waals surface area contributed by atoms with Gasteiger partial charge < -0.3 is 19.3 Å². The van der Waals surface area contributed by atoms with Crippen LogP contribution in [0.15, 0.2) is 12.1 Å². The number of hydrogen-bond acceptors (Lipinski definition) is 4. The Labute approximate surface area is 161 Å². The molecule has 1 aromatic carbocycles. The molecule has 1 aromatic rings. The molecular formula is C22H40N2O2. The second-order valence-electron chi connectivity index (χ2n) is 9.65. The zero-order chi connectivity index (χ0) is 20.1. The van der Waals surface area contributed by atoms with Crippen molar-refractivity contribution in [1.29, 1.82) is 0 Å². The SMILES string of the molecule is CN(C)CCOc1cc(C(C)(C)C)c(OCCN(C)C)cc1C(C)(C)C. The highest BCUT2D eigenvalue weighted by molar-refractivity contribution is 5.51. The van der Waals surface area contributed by atoms with Crippen LogP contribution in [-0.2, 0) is 10.8 Å². The Hall–Kier alpha value is -1.26. The van der Waals surface area contributed by atoms with E-state index in [1.54, 1.807) is 0 Å². The molecule has 0 unspecified atom stereocenters. The third kappa shape index (κ3) is 7.16. The van der Waals surface area contributed by atoms with Crippen molar-refractivity contribution in [2.45, 2.75) is 52.4 Å². The van der Waals surface area contributed by atoms with Crippen molar-refractivity contribution in [1.82, 2.24) is 9.80 Å². The van der Waals surface area contributed by atoms with Gasteiger partial charge in [-0.3, -0.25) is 0 Å². The monoisotopic (exact) mass is 364 g/mol. The summed E-state index contributed by atoms with van der Waals surface area (Å²) in [7, 11) is 8.26. The molecule has 0 aromatic heterocycles. The van der Waals surface area contributed by atoms with E-state index in [2.05, 4.69) is 91.7 Å². The van der Waals surface area contributed by atoms with E-state index in [-0.39, 0.29) is 10.8 Å². The van der Waals surface area contributed by atoms with Crippen LogP contribution in [0.3, 0.4) is 0 Å². The van der Waals surface area contributed by atoms with Gasteiger partial charge in [-0.05, 0) is 51.2 Å². The van der Waals surface area contributed by atoms with Crippen LogP contribution in [0, 0.1) is 0 Å². The zero-order valence-electron chi connectivity index (χ0n) is 18.7. The van der Waals surface area contributed by atoms with E-state index in [9.17, 15) is 0 Å². The molecule has 0 bridgehead atoms. The summed E-state index contributed by atoms with van der Waals surface area (Å²) >= 11 is 0. The second kappa shape index (κ2) is 9.09. The fourth-order valence-electron chi connectivity index (χ4n) is 2.65. The Morgan fingerprint density at radius 1 is 0.654 bits per heavy atom. The molecule has 0 spiro atoms. The van der Waals surface area contributed by atoms with Crippen LogP contribution in [0.1, 0.15) is 52.7 Å². The maximum atomic E-state index is 6.20. The Morgan fingerprint density at radius 2 is 0.962 bits per heavy atom. The molecule has 150 valence electrons. The summed E-state index contributed by atoms with van der Waals surface area (Å²) in [5, 5.41) is 0. The van der Waals surface area contributed by atoms with Crippen LogP contribution in [0.5, 0.6) is 11.5 Å². The zero-order valence-corrected chi connectivity index (χ0v) is 18.7. The number of hydrogen-bond donors (Lipinski definition) is 0. The lowest BCUT2D eigenvalue weighted by Gasteiger charge is -2.29. The molecule has 0 saturated carbocycles. The predicted octanol–water partition coefficient (Wildman–Crippen LogP) is 4.16. The first kappa shape index (κ1) is 22.8. The normalized spacial score (nSPS) is 12.8. The summed E-state index contributed by atoms with van der Waals surface area (Å²) in [4.78, 5) is 4.28. The first-order valence-corrected chi connectivity index (χ1v) is 9.56. The van der Waals surface area contributed by atoms with Crippen LogP contribution >= 0.6 is 0 Å². The Kier molecular flexibility index (Phi) is 7.97. The molecule has 0 fully saturated rings. The molecule has 0 atom stereocenters. The van der Waals surface area contributed by atoms with E-state index in [0.29, 0.717) is 13.2 Å². The molecule has 0 saturated heterocycles. The fraction of sp³-hybridized carbons (Fsp3) is 0.727. The Balaban J connectivity index is 3.27. The van der Waals surface area contributed by atoms with Gasteiger partial charge in [0.1, 0.15) is 24.7 Å². The molecular weight excluding hydrogens is 324 g/mol. The molecule has 1 rings (SSSR count). The van der Waals surface area contributed by atoms with E-state index >= 15 is 0 Å². The third-order valence-electron chi connectivity index (χ3n) is 4.29. The van der Waals surface area contributed by atoms with Gasteiger partial charge in [-0.1, -0.05) is 41.5 Å². The van der Waals surface area contributed by atoms with Crippen molar-refractivity contribution in [2.24, 2.45) is 0 Å². The van der Waals surface area contributed by atoms with Crippen LogP contribution in [0.25, 0.3) is 0 Å². The quantitative estimate of drug-likeness (QED) is 0.691. The number of benzene rings is 1. The molecule has 4 nitrogen and oxygen atoms in total. The molecule has 0 aliphatic heterocycles. The van der Waals surface area contributed by atoms with Crippen molar-refractivity contribution >= 4 is 0 Å². The van der Waals surface area contributed by atoms with Gasteiger partial charge in [-0.2, -0.15) is 0 Å². The van der Waals surface area contributed by atoms with Crippen molar-refractivity contribution < 1.29 is 9.47 Å². The van der Waals surface area contributed by atoms with Gasteiger partial charge >= 0.3 is 0 Å². The minimum Gasteiger partial charge on any atom is -0.492 e. The minimum absolute atomic E-state index is 0.0104. The lowest BCUT2D eigenvalue weighted by Crippen LogP contribution is -2.23. The second-order valence-corrected chi connectivity index (χ2v) is 9.65. The number of rotatable bonds is 8. The Morgan fingerprint density at radius 3 is 1.19 bits per heavy atom. The van der Waals surface area contributed by atoms with Crippen molar-refractivity contribution in [3.63, 3.8) is 0 Å². The van der Waals surface area contributed by atoms with Crippen LogP contribution in [0.4, 0.5) is 0 Å². The molecule has 0 radical (unpaired) electrons. The van der Waals surface area contributed by atoms with Crippen LogP contribution < -0.4 is 9.47 Å². The van der Waals surface area contributed by atoms with E-state index in [0.717, 1.165) is 24.6 Å². The Bertz CT molecular complexity index is 515. The van der Waals surface area contributed by atoms with Gasteiger partial charge in [0.15, 0.2) is 0 Å². The van der Waals surface area contributed by atoms with Gasteiger partial charge in [0.05, 0.1) is 0 Å². The average molecular weight is 365 g/mol. The molecule has 0 amide bonds. The maximum absolute atomic E-state index is 6.20. The number of likely N-dealkylation sites (N-methyl/N-ethyl adjacent to an activating group) is 2. The molecule has 0 heterocycles. The van der Waals surface area contributed by atoms with E-state index in [1.807, 2.05) is 0 Å². The average Bonchev–Trinajstić information content (AvgIpc) is 2.44. The smallest absolute Gasteiger partial charge is 0.123 e. The lowest BCUT2D eigenvalue weighted by molar-refractivity contribution is 0.248. The summed E-state index contributed by atoms with van der Waals surface area (Å²) in [6.45, 7) is 16.5. The van der Waals surface area contributed by atoms with Crippen LogP contribution in [0.2, 0.25) is 0 Å². The van der Waals surface area contributed by atoms with Gasteiger partial charge in [0.25, 0.3) is 0 Å².